The minimum Gasteiger partial charge on any atom is -0.299 e. The summed E-state index contributed by atoms with van der Waals surface area (Å²) in [7, 11) is 0.0859. The number of aromatic nitrogens is 3. The van der Waals surface area contributed by atoms with E-state index in [4.69, 9.17) is 0 Å². The first-order chi connectivity index (χ1) is 9.49. The van der Waals surface area contributed by atoms with Gasteiger partial charge in [-0.1, -0.05) is 0 Å². The van der Waals surface area contributed by atoms with Crippen molar-refractivity contribution < 1.29 is 8.42 Å². The second kappa shape index (κ2) is 6.64. The van der Waals surface area contributed by atoms with Gasteiger partial charge in [-0.15, -0.1) is 0 Å². The molecule has 0 spiro atoms. The van der Waals surface area contributed by atoms with Crippen LogP contribution in [0.4, 0.5) is 0 Å². The number of hydrogen-bond acceptors (Lipinski definition) is 5. The summed E-state index contributed by atoms with van der Waals surface area (Å²) in [6.45, 7) is 2.70. The highest BCUT2D eigenvalue weighted by atomic mass is 32.2. The SMILES string of the molecule is CN(C)S(=O)(=O)CCCN1CCC[C@H]1Cn1cncn1. The molecule has 0 aromatic carbocycles. The highest BCUT2D eigenvalue weighted by molar-refractivity contribution is 7.89. The minimum absolute atomic E-state index is 0.215. The van der Waals surface area contributed by atoms with Gasteiger partial charge >= 0.3 is 0 Å². The molecule has 0 aliphatic carbocycles. The van der Waals surface area contributed by atoms with Gasteiger partial charge in [0.2, 0.25) is 10.0 Å². The summed E-state index contributed by atoms with van der Waals surface area (Å²) in [5, 5.41) is 4.13. The van der Waals surface area contributed by atoms with Gasteiger partial charge in [0.15, 0.2) is 0 Å². The van der Waals surface area contributed by atoms with Crippen molar-refractivity contribution in [1.29, 1.82) is 0 Å². The Balaban J connectivity index is 1.80. The first-order valence-corrected chi connectivity index (χ1v) is 8.56. The predicted molar refractivity (Wildman–Crippen MR) is 76.7 cm³/mol. The fraction of sp³-hybridized carbons (Fsp3) is 0.833. The summed E-state index contributed by atoms with van der Waals surface area (Å²) < 4.78 is 26.6. The lowest BCUT2D eigenvalue weighted by molar-refractivity contribution is 0.227. The van der Waals surface area contributed by atoms with Crippen LogP contribution in [0.2, 0.25) is 0 Å². The largest absolute Gasteiger partial charge is 0.299 e. The Morgan fingerprint density at radius 2 is 2.20 bits per heavy atom. The normalized spacial score (nSPS) is 20.9. The quantitative estimate of drug-likeness (QED) is 0.710. The Hall–Kier alpha value is -0.990. The molecule has 1 aromatic rings. The van der Waals surface area contributed by atoms with Crippen molar-refractivity contribution in [1.82, 2.24) is 24.0 Å². The minimum atomic E-state index is -3.08. The van der Waals surface area contributed by atoms with E-state index in [2.05, 4.69) is 15.0 Å². The molecule has 1 aromatic heterocycles. The Kier molecular flexibility index (Phi) is 5.11. The molecule has 7 nitrogen and oxygen atoms in total. The van der Waals surface area contributed by atoms with E-state index in [1.165, 1.54) is 10.7 Å². The van der Waals surface area contributed by atoms with Crippen molar-refractivity contribution in [3.8, 4) is 0 Å². The molecular weight excluding hydrogens is 278 g/mol. The molecule has 2 heterocycles. The lowest BCUT2D eigenvalue weighted by Gasteiger charge is -2.24. The van der Waals surface area contributed by atoms with Gasteiger partial charge in [0.05, 0.1) is 12.3 Å². The van der Waals surface area contributed by atoms with Gasteiger partial charge in [0.1, 0.15) is 12.7 Å². The molecule has 0 radical (unpaired) electrons. The van der Waals surface area contributed by atoms with Gasteiger partial charge < -0.3 is 0 Å². The van der Waals surface area contributed by atoms with Crippen LogP contribution in [0, 0.1) is 0 Å². The van der Waals surface area contributed by atoms with E-state index < -0.39 is 10.0 Å². The highest BCUT2D eigenvalue weighted by Crippen LogP contribution is 2.18. The zero-order valence-electron chi connectivity index (χ0n) is 12.1. The van der Waals surface area contributed by atoms with Crippen LogP contribution in [-0.2, 0) is 16.6 Å². The summed E-state index contributed by atoms with van der Waals surface area (Å²) in [5.74, 6) is 0.215. The predicted octanol–water partition coefficient (Wildman–Crippen LogP) is 0.0240. The molecule has 1 fully saturated rings. The van der Waals surface area contributed by atoms with Gasteiger partial charge in [-0.3, -0.25) is 9.58 Å². The molecule has 1 aliphatic heterocycles. The smallest absolute Gasteiger partial charge is 0.213 e. The molecule has 1 aliphatic rings. The van der Waals surface area contributed by atoms with Crippen molar-refractivity contribution >= 4 is 10.0 Å². The molecular formula is C12H23N5O2S. The number of rotatable bonds is 7. The Labute approximate surface area is 120 Å². The maximum absolute atomic E-state index is 11.7. The Morgan fingerprint density at radius 3 is 2.85 bits per heavy atom. The summed E-state index contributed by atoms with van der Waals surface area (Å²) in [6, 6.07) is 0.443. The van der Waals surface area contributed by atoms with Gasteiger partial charge in [-0.05, 0) is 32.4 Å². The molecule has 0 amide bonds. The van der Waals surface area contributed by atoms with E-state index in [0.717, 1.165) is 26.1 Å². The zero-order valence-corrected chi connectivity index (χ0v) is 13.0. The maximum atomic E-state index is 11.7. The standard InChI is InChI=1S/C12H23N5O2S/c1-15(2)20(18,19)8-4-7-16-6-3-5-12(16)9-17-11-13-10-14-17/h10-12H,3-9H2,1-2H3/t12-/m0/s1. The average Bonchev–Trinajstić information content (AvgIpc) is 3.02. The molecule has 0 N–H and O–H groups in total. The molecule has 20 heavy (non-hydrogen) atoms. The topological polar surface area (TPSA) is 71.3 Å². The van der Waals surface area contributed by atoms with Crippen molar-refractivity contribution in [3.63, 3.8) is 0 Å². The third-order valence-corrected chi connectivity index (χ3v) is 5.68. The summed E-state index contributed by atoms with van der Waals surface area (Å²) >= 11 is 0. The fourth-order valence-electron chi connectivity index (χ4n) is 2.57. The third-order valence-electron chi connectivity index (χ3n) is 3.77. The van der Waals surface area contributed by atoms with E-state index in [-0.39, 0.29) is 5.75 Å². The summed E-state index contributed by atoms with van der Waals surface area (Å²) in [4.78, 5) is 6.32. The van der Waals surface area contributed by atoms with Crippen molar-refractivity contribution in [2.24, 2.45) is 0 Å². The van der Waals surface area contributed by atoms with E-state index in [1.807, 2.05) is 4.68 Å². The van der Waals surface area contributed by atoms with Gasteiger partial charge in [0, 0.05) is 20.1 Å². The second-order valence-electron chi connectivity index (χ2n) is 5.40. The van der Waals surface area contributed by atoms with Crippen molar-refractivity contribution in [2.45, 2.75) is 31.8 Å². The number of nitrogens with zero attached hydrogens (tertiary/aromatic N) is 5. The monoisotopic (exact) mass is 301 g/mol. The molecule has 114 valence electrons. The second-order valence-corrected chi connectivity index (χ2v) is 7.70. The van der Waals surface area contributed by atoms with Crippen molar-refractivity contribution in [3.05, 3.63) is 12.7 Å². The first kappa shape index (κ1) is 15.4. The summed E-state index contributed by atoms with van der Waals surface area (Å²) in [6.07, 6.45) is 6.25. The molecule has 8 heteroatoms. The maximum Gasteiger partial charge on any atom is 0.213 e. The first-order valence-electron chi connectivity index (χ1n) is 6.96. The van der Waals surface area contributed by atoms with E-state index in [1.54, 1.807) is 26.7 Å². The zero-order chi connectivity index (χ0) is 14.6. The van der Waals surface area contributed by atoms with Gasteiger partial charge in [-0.2, -0.15) is 5.10 Å². The number of hydrogen-bond donors (Lipinski definition) is 0. The van der Waals surface area contributed by atoms with Crippen LogP contribution in [0.25, 0.3) is 0 Å². The average molecular weight is 301 g/mol. The molecule has 0 saturated carbocycles. The van der Waals surface area contributed by atoms with Crippen LogP contribution >= 0.6 is 0 Å². The van der Waals surface area contributed by atoms with Crippen molar-refractivity contribution in [2.75, 3.05) is 32.9 Å². The van der Waals surface area contributed by atoms with E-state index in [0.29, 0.717) is 12.5 Å². The van der Waals surface area contributed by atoms with Crippen LogP contribution < -0.4 is 0 Å². The number of sulfonamides is 1. The van der Waals surface area contributed by atoms with Crippen LogP contribution in [-0.4, -0.2) is 71.4 Å². The highest BCUT2D eigenvalue weighted by Gasteiger charge is 2.25. The molecule has 0 unspecified atom stereocenters. The molecule has 1 saturated heterocycles. The molecule has 0 bridgehead atoms. The molecule has 2 rings (SSSR count). The number of likely N-dealkylation sites (tertiary alicyclic amines) is 1. The molecule has 1 atom stereocenters. The summed E-state index contributed by atoms with van der Waals surface area (Å²) in [5.41, 5.74) is 0. The third kappa shape index (κ3) is 4.00. The van der Waals surface area contributed by atoms with Crippen LogP contribution in [0.15, 0.2) is 12.7 Å². The Bertz CT molecular complexity index is 500. The van der Waals surface area contributed by atoms with Crippen LogP contribution in [0.1, 0.15) is 19.3 Å². The lowest BCUT2D eigenvalue weighted by atomic mass is 10.2. The van der Waals surface area contributed by atoms with Gasteiger partial charge in [0.25, 0.3) is 0 Å². The van der Waals surface area contributed by atoms with Gasteiger partial charge in [-0.25, -0.2) is 17.7 Å². The Morgan fingerprint density at radius 1 is 1.40 bits per heavy atom. The van der Waals surface area contributed by atoms with E-state index >= 15 is 0 Å². The lowest BCUT2D eigenvalue weighted by Crippen LogP contribution is -2.35. The van der Waals surface area contributed by atoms with Crippen LogP contribution in [0.3, 0.4) is 0 Å². The van der Waals surface area contributed by atoms with Crippen LogP contribution in [0.5, 0.6) is 0 Å². The fourth-order valence-corrected chi connectivity index (χ4v) is 3.43. The van der Waals surface area contributed by atoms with E-state index in [9.17, 15) is 8.42 Å².